The fraction of sp³-hybridized carbons (Fsp3) is 0.471. The number of hydrogen-bond acceptors (Lipinski definition) is 8. The average Bonchev–Trinajstić information content (AvgIpc) is 3.35. The van der Waals surface area contributed by atoms with E-state index in [9.17, 15) is 0 Å². The lowest BCUT2D eigenvalue weighted by Crippen LogP contribution is -2.30. The number of hydrogen-bond donors (Lipinski definition) is 0. The molecule has 0 radical (unpaired) electrons. The molecule has 0 saturated carbocycles. The van der Waals surface area contributed by atoms with Crippen LogP contribution < -0.4 is 14.5 Å². The molecular weight excluding hydrogens is 332 g/mol. The van der Waals surface area contributed by atoms with Crippen LogP contribution in [-0.4, -0.2) is 63.0 Å². The zero-order valence-corrected chi connectivity index (χ0v) is 14.8. The number of aromatic nitrogens is 6. The van der Waals surface area contributed by atoms with Gasteiger partial charge < -0.3 is 14.5 Å². The van der Waals surface area contributed by atoms with Crippen LogP contribution in [0.25, 0.3) is 11.0 Å². The van der Waals surface area contributed by atoms with E-state index >= 15 is 0 Å². The molecule has 9 heteroatoms. The zero-order chi connectivity index (χ0) is 17.7. The summed E-state index contributed by atoms with van der Waals surface area (Å²) in [5.74, 6) is 3.50. The van der Waals surface area contributed by atoms with Crippen LogP contribution in [-0.2, 0) is 7.05 Å². The molecule has 0 N–H and O–H groups in total. The molecule has 2 atom stereocenters. The third-order valence-corrected chi connectivity index (χ3v) is 5.40. The van der Waals surface area contributed by atoms with E-state index in [1.54, 1.807) is 30.4 Å². The number of anilines is 2. The van der Waals surface area contributed by atoms with Gasteiger partial charge in [0.05, 0.1) is 18.7 Å². The van der Waals surface area contributed by atoms with Crippen molar-refractivity contribution in [3.8, 4) is 5.88 Å². The first-order valence-electron chi connectivity index (χ1n) is 8.72. The van der Waals surface area contributed by atoms with Crippen molar-refractivity contribution in [2.24, 2.45) is 18.9 Å². The predicted molar refractivity (Wildman–Crippen MR) is 96.3 cm³/mol. The lowest BCUT2D eigenvalue weighted by atomic mass is 10.0. The summed E-state index contributed by atoms with van der Waals surface area (Å²) in [6.07, 6.45) is 5.24. The molecule has 9 nitrogen and oxygen atoms in total. The van der Waals surface area contributed by atoms with Crippen LogP contribution in [0.4, 0.5) is 11.8 Å². The zero-order valence-electron chi connectivity index (χ0n) is 14.8. The van der Waals surface area contributed by atoms with Gasteiger partial charge in [0.15, 0.2) is 5.65 Å². The van der Waals surface area contributed by atoms with Gasteiger partial charge in [-0.2, -0.15) is 10.1 Å². The summed E-state index contributed by atoms with van der Waals surface area (Å²) in [5.41, 5.74) is 0.874. The quantitative estimate of drug-likeness (QED) is 0.682. The van der Waals surface area contributed by atoms with Crippen molar-refractivity contribution < 1.29 is 4.74 Å². The van der Waals surface area contributed by atoms with Crippen LogP contribution in [0.2, 0.25) is 0 Å². The highest BCUT2D eigenvalue weighted by Gasteiger charge is 2.41. The molecule has 26 heavy (non-hydrogen) atoms. The number of fused-ring (bicyclic) bond motifs is 2. The SMILES string of the molecule is COc1ccnc(N2CC3CN(c4ncnc5c4cnn5C)CC3C2)n1. The number of aryl methyl sites for hydroxylation is 1. The molecule has 0 aromatic carbocycles. The van der Waals surface area contributed by atoms with Crippen LogP contribution in [0.3, 0.4) is 0 Å². The van der Waals surface area contributed by atoms with E-state index in [-0.39, 0.29) is 0 Å². The largest absolute Gasteiger partial charge is 0.481 e. The van der Waals surface area contributed by atoms with E-state index in [4.69, 9.17) is 4.74 Å². The van der Waals surface area contributed by atoms with Gasteiger partial charge in [0.25, 0.3) is 0 Å². The summed E-state index contributed by atoms with van der Waals surface area (Å²) in [6, 6.07) is 1.77. The maximum atomic E-state index is 5.22. The van der Waals surface area contributed by atoms with Crippen LogP contribution in [0, 0.1) is 11.8 Å². The van der Waals surface area contributed by atoms with Crippen LogP contribution in [0.5, 0.6) is 5.88 Å². The molecule has 5 rings (SSSR count). The van der Waals surface area contributed by atoms with Crippen LogP contribution in [0.1, 0.15) is 0 Å². The van der Waals surface area contributed by atoms with Crippen molar-refractivity contribution in [2.75, 3.05) is 43.1 Å². The topological polar surface area (TPSA) is 85.1 Å². The third-order valence-electron chi connectivity index (χ3n) is 5.40. The van der Waals surface area contributed by atoms with Crippen LogP contribution in [0.15, 0.2) is 24.8 Å². The Kier molecular flexibility index (Phi) is 3.41. The molecule has 0 amide bonds. The van der Waals surface area contributed by atoms with Gasteiger partial charge in [-0.15, -0.1) is 0 Å². The first kappa shape index (κ1) is 15.3. The minimum absolute atomic E-state index is 0.575. The van der Waals surface area contributed by atoms with Gasteiger partial charge in [0, 0.05) is 57.3 Å². The predicted octanol–water partition coefficient (Wildman–Crippen LogP) is 0.734. The monoisotopic (exact) mass is 352 g/mol. The van der Waals surface area contributed by atoms with Gasteiger partial charge in [-0.25, -0.2) is 15.0 Å². The Morgan fingerprint density at radius 3 is 2.58 bits per heavy atom. The van der Waals surface area contributed by atoms with Crippen molar-refractivity contribution in [1.29, 1.82) is 0 Å². The number of methoxy groups -OCH3 is 1. The van der Waals surface area contributed by atoms with Gasteiger partial charge in [0.2, 0.25) is 11.8 Å². The van der Waals surface area contributed by atoms with Gasteiger partial charge in [-0.05, 0) is 0 Å². The number of rotatable bonds is 3. The van der Waals surface area contributed by atoms with Crippen molar-refractivity contribution in [3.05, 3.63) is 24.8 Å². The highest BCUT2D eigenvalue weighted by Crippen LogP contribution is 2.36. The number of ether oxygens (including phenoxy) is 1. The average molecular weight is 352 g/mol. The van der Waals surface area contributed by atoms with Crippen molar-refractivity contribution in [1.82, 2.24) is 29.7 Å². The fourth-order valence-corrected chi connectivity index (χ4v) is 4.13. The molecule has 5 heterocycles. The maximum absolute atomic E-state index is 5.22. The molecule has 2 aliphatic heterocycles. The molecule has 2 saturated heterocycles. The first-order valence-corrected chi connectivity index (χ1v) is 8.72. The van der Waals surface area contributed by atoms with Crippen molar-refractivity contribution in [3.63, 3.8) is 0 Å². The van der Waals surface area contributed by atoms with Crippen LogP contribution >= 0.6 is 0 Å². The van der Waals surface area contributed by atoms with E-state index in [1.807, 2.05) is 13.2 Å². The molecular formula is C17H20N8O. The minimum atomic E-state index is 0.575. The first-order chi connectivity index (χ1) is 12.7. The molecule has 134 valence electrons. The molecule has 2 aliphatic rings. The van der Waals surface area contributed by atoms with Crippen molar-refractivity contribution >= 4 is 22.8 Å². The molecule has 3 aromatic heterocycles. The second-order valence-corrected chi connectivity index (χ2v) is 6.93. The number of nitrogens with zero attached hydrogens (tertiary/aromatic N) is 8. The molecule has 0 spiro atoms. The lowest BCUT2D eigenvalue weighted by Gasteiger charge is -2.22. The highest BCUT2D eigenvalue weighted by atomic mass is 16.5. The van der Waals surface area contributed by atoms with E-state index in [0.717, 1.165) is 49.0 Å². The normalized spacial score (nSPS) is 22.2. The van der Waals surface area contributed by atoms with Gasteiger partial charge in [-0.3, -0.25) is 4.68 Å². The Bertz CT molecular complexity index is 943. The standard InChI is InChI=1S/C17H20N8O/c1-23-15-13(5-21-23)16(20-10-19-15)24-6-11-8-25(9-12(11)7-24)17-18-4-3-14(22-17)26-2/h3-5,10-12H,6-9H2,1-2H3. The van der Waals surface area contributed by atoms with E-state index < -0.39 is 0 Å². The molecule has 2 unspecified atom stereocenters. The van der Waals surface area contributed by atoms with Gasteiger partial charge >= 0.3 is 0 Å². The summed E-state index contributed by atoms with van der Waals surface area (Å²) in [7, 11) is 3.54. The second-order valence-electron chi connectivity index (χ2n) is 6.93. The Morgan fingerprint density at radius 1 is 1.04 bits per heavy atom. The Labute approximate surface area is 150 Å². The highest BCUT2D eigenvalue weighted by molar-refractivity contribution is 5.86. The van der Waals surface area contributed by atoms with Gasteiger partial charge in [0.1, 0.15) is 12.1 Å². The smallest absolute Gasteiger partial charge is 0.228 e. The van der Waals surface area contributed by atoms with E-state index in [0.29, 0.717) is 17.7 Å². The van der Waals surface area contributed by atoms with E-state index in [2.05, 4.69) is 34.8 Å². The fourth-order valence-electron chi connectivity index (χ4n) is 4.13. The minimum Gasteiger partial charge on any atom is -0.481 e. The van der Waals surface area contributed by atoms with Gasteiger partial charge in [-0.1, -0.05) is 0 Å². The summed E-state index contributed by atoms with van der Waals surface area (Å²) < 4.78 is 7.01. The third kappa shape index (κ3) is 2.34. The summed E-state index contributed by atoms with van der Waals surface area (Å²) >= 11 is 0. The molecule has 3 aromatic rings. The van der Waals surface area contributed by atoms with E-state index in [1.165, 1.54) is 0 Å². The molecule has 0 bridgehead atoms. The Morgan fingerprint density at radius 2 is 1.81 bits per heavy atom. The summed E-state index contributed by atoms with van der Waals surface area (Å²) in [6.45, 7) is 3.86. The summed E-state index contributed by atoms with van der Waals surface area (Å²) in [5, 5.41) is 5.34. The molecule has 0 aliphatic carbocycles. The maximum Gasteiger partial charge on any atom is 0.228 e. The lowest BCUT2D eigenvalue weighted by molar-refractivity contribution is 0.397. The Hall–Kier alpha value is -2.97. The Balaban J connectivity index is 1.35. The summed E-state index contributed by atoms with van der Waals surface area (Å²) in [4.78, 5) is 22.4. The van der Waals surface area contributed by atoms with Crippen molar-refractivity contribution in [2.45, 2.75) is 0 Å². The second kappa shape index (κ2) is 5.79. The molecule has 2 fully saturated rings.